The number of nitriles is 1. The standard InChI is InChI=1S/C23H21F3N6O2S/c24-11-22(12-35(33,34)23(4-1-5-23)21(28)32-22)16-7-14(2-3-17(16)25)31-20-19-15(18(26)10-30-20)6-13(8-27)9-29-19/h2-3,6-7,9-10,33-34H,1,4-5,11-12H2,(H2,28,32)(H,30,31)/t22-/m0/s1. The molecule has 1 atom stereocenters. The van der Waals surface area contributed by atoms with Crippen molar-refractivity contribution in [1.82, 2.24) is 9.97 Å². The number of rotatable bonds is 4. The van der Waals surface area contributed by atoms with Gasteiger partial charge in [0.2, 0.25) is 0 Å². The van der Waals surface area contributed by atoms with Gasteiger partial charge < -0.3 is 11.1 Å². The van der Waals surface area contributed by atoms with Gasteiger partial charge in [0.15, 0.2) is 11.6 Å². The van der Waals surface area contributed by atoms with Crippen LogP contribution in [0.4, 0.5) is 24.7 Å². The van der Waals surface area contributed by atoms with E-state index in [9.17, 15) is 17.9 Å². The maximum absolute atomic E-state index is 15.0. The number of benzene rings is 1. The van der Waals surface area contributed by atoms with Gasteiger partial charge in [0.1, 0.15) is 40.2 Å². The van der Waals surface area contributed by atoms with E-state index in [-0.39, 0.29) is 39.4 Å². The van der Waals surface area contributed by atoms with Crippen LogP contribution in [0.15, 0.2) is 41.7 Å². The number of fused-ring (bicyclic) bond motifs is 1. The van der Waals surface area contributed by atoms with E-state index in [0.717, 1.165) is 18.7 Å². The summed E-state index contributed by atoms with van der Waals surface area (Å²) < 4.78 is 64.6. The number of amidine groups is 1. The first-order valence-electron chi connectivity index (χ1n) is 10.7. The molecule has 5 rings (SSSR count). The Bertz CT molecular complexity index is 1420. The van der Waals surface area contributed by atoms with Crippen molar-refractivity contribution in [3.05, 3.63) is 59.4 Å². The fourth-order valence-electron chi connectivity index (χ4n) is 4.70. The summed E-state index contributed by atoms with van der Waals surface area (Å²) in [6.07, 6.45) is 3.83. The van der Waals surface area contributed by atoms with Gasteiger partial charge in [-0.2, -0.15) is 15.9 Å². The lowest BCUT2D eigenvalue weighted by Gasteiger charge is -2.60. The molecular formula is C23H21F3N6O2S. The molecular weight excluding hydrogens is 481 g/mol. The van der Waals surface area contributed by atoms with E-state index in [4.69, 9.17) is 11.0 Å². The average molecular weight is 503 g/mol. The monoisotopic (exact) mass is 502 g/mol. The summed E-state index contributed by atoms with van der Waals surface area (Å²) in [4.78, 5) is 12.4. The summed E-state index contributed by atoms with van der Waals surface area (Å²) in [6, 6.07) is 6.97. The Balaban J connectivity index is 1.58. The fraction of sp³-hybridized carbons (Fsp3) is 0.304. The molecule has 0 unspecified atom stereocenters. The number of aliphatic imine (C=N–C) groups is 1. The number of nitrogens with one attached hydrogen (secondary N) is 1. The van der Waals surface area contributed by atoms with Crippen molar-refractivity contribution >= 4 is 38.8 Å². The third-order valence-electron chi connectivity index (χ3n) is 6.79. The average Bonchev–Trinajstić information content (AvgIpc) is 2.79. The second-order valence-corrected chi connectivity index (χ2v) is 11.2. The van der Waals surface area contributed by atoms with Crippen LogP contribution >= 0.6 is 10.6 Å². The van der Waals surface area contributed by atoms with E-state index in [1.165, 1.54) is 24.4 Å². The maximum atomic E-state index is 15.0. The summed E-state index contributed by atoms with van der Waals surface area (Å²) in [5.74, 6) is -1.91. The minimum atomic E-state index is -3.41. The third-order valence-corrected chi connectivity index (χ3v) is 9.53. The quantitative estimate of drug-likeness (QED) is 0.404. The SMILES string of the molecule is N#Cc1cnc2c(Nc3ccc(F)c([C@]4(CF)CS(O)(O)C5(CCC5)C(N)=N4)c3)ncc(F)c2c1. The topological polar surface area (TPSA) is 140 Å². The molecule has 3 aromatic rings. The van der Waals surface area contributed by atoms with Crippen LogP contribution in [0.1, 0.15) is 30.4 Å². The summed E-state index contributed by atoms with van der Waals surface area (Å²) in [6.45, 7) is -1.20. The first-order chi connectivity index (χ1) is 16.6. The molecule has 0 amide bonds. The molecule has 12 heteroatoms. The molecule has 3 heterocycles. The van der Waals surface area contributed by atoms with Crippen molar-refractivity contribution in [2.75, 3.05) is 17.7 Å². The molecule has 0 radical (unpaired) electrons. The highest BCUT2D eigenvalue weighted by Gasteiger charge is 2.59. The molecule has 182 valence electrons. The Labute approximate surface area is 200 Å². The van der Waals surface area contributed by atoms with Crippen molar-refractivity contribution < 1.29 is 22.3 Å². The van der Waals surface area contributed by atoms with E-state index < -0.39 is 44.9 Å². The van der Waals surface area contributed by atoms with Crippen LogP contribution in [0.5, 0.6) is 0 Å². The summed E-state index contributed by atoms with van der Waals surface area (Å²) in [5, 5.41) is 12.0. The van der Waals surface area contributed by atoms with Crippen LogP contribution in [0.2, 0.25) is 0 Å². The number of pyridine rings is 2. The lowest BCUT2D eigenvalue weighted by molar-refractivity contribution is 0.291. The Hall–Kier alpha value is -3.40. The Kier molecular flexibility index (Phi) is 5.39. The second kappa shape index (κ2) is 8.08. The fourth-order valence-corrected chi connectivity index (χ4v) is 7.26. The van der Waals surface area contributed by atoms with Crippen molar-refractivity contribution in [2.45, 2.75) is 29.5 Å². The molecule has 0 saturated heterocycles. The van der Waals surface area contributed by atoms with Crippen LogP contribution in [-0.2, 0) is 5.54 Å². The highest BCUT2D eigenvalue weighted by atomic mass is 32.3. The lowest BCUT2D eigenvalue weighted by atomic mass is 9.82. The highest BCUT2D eigenvalue weighted by Crippen LogP contribution is 2.66. The normalized spacial score (nSPS) is 23.3. The highest BCUT2D eigenvalue weighted by molar-refractivity contribution is 8.26. The largest absolute Gasteiger partial charge is 0.386 e. The molecule has 1 aliphatic heterocycles. The molecule has 1 saturated carbocycles. The minimum Gasteiger partial charge on any atom is -0.386 e. The number of halogens is 3. The molecule has 8 nitrogen and oxygen atoms in total. The zero-order valence-corrected chi connectivity index (χ0v) is 19.1. The molecule has 2 aliphatic rings. The Morgan fingerprint density at radius 3 is 2.54 bits per heavy atom. The summed E-state index contributed by atoms with van der Waals surface area (Å²) in [5.41, 5.74) is 4.57. The summed E-state index contributed by atoms with van der Waals surface area (Å²) >= 11 is 0. The minimum absolute atomic E-state index is 0.0634. The van der Waals surface area contributed by atoms with E-state index in [1.54, 1.807) is 0 Å². The third kappa shape index (κ3) is 3.50. The number of nitrogens with two attached hydrogens (primary N) is 1. The molecule has 2 aromatic heterocycles. The predicted molar refractivity (Wildman–Crippen MR) is 127 cm³/mol. The van der Waals surface area contributed by atoms with Gasteiger partial charge in [-0.25, -0.2) is 18.2 Å². The van der Waals surface area contributed by atoms with Gasteiger partial charge in [0.25, 0.3) is 0 Å². The zero-order valence-electron chi connectivity index (χ0n) is 18.3. The van der Waals surface area contributed by atoms with Gasteiger partial charge >= 0.3 is 0 Å². The molecule has 1 spiro atoms. The van der Waals surface area contributed by atoms with Crippen LogP contribution in [-0.4, -0.2) is 42.1 Å². The predicted octanol–water partition coefficient (Wildman–Crippen LogP) is 4.73. The molecule has 1 aliphatic carbocycles. The van der Waals surface area contributed by atoms with Gasteiger partial charge in [0.05, 0.1) is 17.5 Å². The van der Waals surface area contributed by atoms with Gasteiger partial charge in [0, 0.05) is 22.8 Å². The first-order valence-corrected chi connectivity index (χ1v) is 12.4. The van der Waals surface area contributed by atoms with Crippen molar-refractivity contribution in [3.8, 4) is 6.07 Å². The molecule has 5 N–H and O–H groups in total. The van der Waals surface area contributed by atoms with Crippen molar-refractivity contribution in [1.29, 1.82) is 5.26 Å². The van der Waals surface area contributed by atoms with Crippen molar-refractivity contribution in [2.24, 2.45) is 10.7 Å². The second-order valence-electron chi connectivity index (χ2n) is 8.83. The van der Waals surface area contributed by atoms with Crippen LogP contribution in [0.25, 0.3) is 10.9 Å². The van der Waals surface area contributed by atoms with Gasteiger partial charge in [-0.15, -0.1) is 0 Å². The van der Waals surface area contributed by atoms with Crippen molar-refractivity contribution in [3.63, 3.8) is 0 Å². The molecule has 35 heavy (non-hydrogen) atoms. The molecule has 1 aromatic carbocycles. The summed E-state index contributed by atoms with van der Waals surface area (Å²) in [7, 11) is -3.41. The number of aromatic nitrogens is 2. The van der Waals surface area contributed by atoms with Gasteiger partial charge in [-0.05, 0) is 43.5 Å². The van der Waals surface area contributed by atoms with Crippen LogP contribution in [0.3, 0.4) is 0 Å². The van der Waals surface area contributed by atoms with Crippen LogP contribution in [0, 0.1) is 23.0 Å². The zero-order chi connectivity index (χ0) is 25.0. The van der Waals surface area contributed by atoms with E-state index in [1.807, 2.05) is 6.07 Å². The number of alkyl halides is 1. The number of hydrogen-bond acceptors (Lipinski definition) is 8. The van der Waals surface area contributed by atoms with Crippen LogP contribution < -0.4 is 11.1 Å². The molecule has 1 fully saturated rings. The Morgan fingerprint density at radius 1 is 1.14 bits per heavy atom. The first kappa shape index (κ1) is 23.3. The number of nitrogens with zero attached hydrogens (tertiary/aromatic N) is 4. The van der Waals surface area contributed by atoms with Gasteiger partial charge in [-0.3, -0.25) is 19.1 Å². The van der Waals surface area contributed by atoms with Gasteiger partial charge in [-0.1, -0.05) is 0 Å². The lowest BCUT2D eigenvalue weighted by Crippen LogP contribution is -2.60. The smallest absolute Gasteiger partial charge is 0.157 e. The van der Waals surface area contributed by atoms with E-state index in [0.29, 0.717) is 12.8 Å². The van der Waals surface area contributed by atoms with E-state index >= 15 is 4.39 Å². The number of hydrogen-bond donors (Lipinski definition) is 4. The number of anilines is 2. The Morgan fingerprint density at radius 2 is 1.91 bits per heavy atom. The molecule has 0 bridgehead atoms. The maximum Gasteiger partial charge on any atom is 0.157 e. The van der Waals surface area contributed by atoms with E-state index in [2.05, 4.69) is 20.3 Å².